The molecule has 2 N–H and O–H groups in total. The second-order valence-electron chi connectivity index (χ2n) is 3.94. The average molecular weight is 306 g/mol. The summed E-state index contributed by atoms with van der Waals surface area (Å²) in [4.78, 5) is 10.6. The second kappa shape index (κ2) is 4.72. The molecule has 0 unspecified atom stereocenters. The number of hydrogen-bond donors (Lipinski definition) is 1. The van der Waals surface area contributed by atoms with Crippen molar-refractivity contribution in [3.63, 3.8) is 0 Å². The quantitative estimate of drug-likeness (QED) is 0.843. The molecule has 2 aromatic rings. The number of carboxylic acids is 1. The van der Waals surface area contributed by atoms with Crippen LogP contribution in [0.4, 0.5) is 27.8 Å². The molecule has 0 saturated carbocycles. The van der Waals surface area contributed by atoms with Crippen LogP contribution in [-0.4, -0.2) is 15.7 Å². The molecule has 21 heavy (non-hydrogen) atoms. The molecule has 0 spiro atoms. The number of nitrogens with two attached hydrogens (primary N) is 1. The van der Waals surface area contributed by atoms with E-state index in [1.54, 1.807) is 0 Å². The molecule has 0 fully saturated rings. The van der Waals surface area contributed by atoms with E-state index in [2.05, 4.69) is 5.10 Å². The van der Waals surface area contributed by atoms with Gasteiger partial charge in [-0.3, -0.25) is 0 Å². The molecule has 0 aliphatic heterocycles. The van der Waals surface area contributed by atoms with Crippen LogP contribution >= 0.6 is 0 Å². The number of carboxylic acid groups (broad SMARTS) is 1. The molecule has 1 heterocycles. The van der Waals surface area contributed by atoms with Gasteiger partial charge in [-0.15, -0.1) is 0 Å². The highest BCUT2D eigenvalue weighted by atomic mass is 19.4. The monoisotopic (exact) mass is 306 g/mol. The van der Waals surface area contributed by atoms with Gasteiger partial charge in [0.15, 0.2) is 11.6 Å². The van der Waals surface area contributed by atoms with Crippen molar-refractivity contribution in [3.8, 4) is 5.69 Å². The van der Waals surface area contributed by atoms with Crippen molar-refractivity contribution in [2.24, 2.45) is 0 Å². The normalized spacial score (nSPS) is 11.7. The Morgan fingerprint density at radius 1 is 1.19 bits per heavy atom. The fourth-order valence-corrected chi connectivity index (χ4v) is 1.61. The van der Waals surface area contributed by atoms with Crippen LogP contribution in [0.2, 0.25) is 0 Å². The fourth-order valence-electron chi connectivity index (χ4n) is 1.61. The lowest BCUT2D eigenvalue weighted by molar-refractivity contribution is -0.255. The summed E-state index contributed by atoms with van der Waals surface area (Å²) in [5, 5.41) is 13.8. The average Bonchev–Trinajstić information content (AvgIpc) is 2.69. The lowest BCUT2D eigenvalue weighted by Crippen LogP contribution is -2.23. The maximum atomic E-state index is 13.7. The van der Waals surface area contributed by atoms with Gasteiger partial charge in [-0.2, -0.15) is 18.3 Å². The first kappa shape index (κ1) is 14.8. The summed E-state index contributed by atoms with van der Waals surface area (Å²) in [6, 6.07) is 0.863. The summed E-state index contributed by atoms with van der Waals surface area (Å²) >= 11 is 0. The summed E-state index contributed by atoms with van der Waals surface area (Å²) in [5.41, 5.74) is 2.05. The van der Waals surface area contributed by atoms with E-state index < -0.39 is 46.5 Å². The summed E-state index contributed by atoms with van der Waals surface area (Å²) < 4.78 is 65.0. The van der Waals surface area contributed by atoms with Gasteiger partial charge >= 0.3 is 6.18 Å². The van der Waals surface area contributed by atoms with Gasteiger partial charge < -0.3 is 15.6 Å². The molecule has 5 nitrogen and oxygen atoms in total. The maximum Gasteiger partial charge on any atom is 0.416 e. The first-order chi connectivity index (χ1) is 9.61. The van der Waals surface area contributed by atoms with E-state index in [1.165, 1.54) is 0 Å². The standard InChI is InChI=1S/C11H6F5N3O2/c12-5-1-4(11(14,15)16)2-6(13)9(5)19-8(17)3-7(18-19)10(20)21/h1-3H,17H2,(H,20,21)/p-1. The molecule has 112 valence electrons. The first-order valence-electron chi connectivity index (χ1n) is 5.24. The Labute approximate surface area is 113 Å². The summed E-state index contributed by atoms with van der Waals surface area (Å²) in [6.45, 7) is 0. The third-order valence-corrected chi connectivity index (χ3v) is 2.50. The predicted molar refractivity (Wildman–Crippen MR) is 57.2 cm³/mol. The van der Waals surface area contributed by atoms with Gasteiger partial charge in [-0.1, -0.05) is 0 Å². The van der Waals surface area contributed by atoms with E-state index >= 15 is 0 Å². The minimum Gasteiger partial charge on any atom is -0.543 e. The molecule has 0 aliphatic rings. The van der Waals surface area contributed by atoms with Crippen LogP contribution in [0.1, 0.15) is 16.1 Å². The number of carbonyl (C=O) groups is 1. The van der Waals surface area contributed by atoms with Crippen LogP contribution in [0.15, 0.2) is 18.2 Å². The van der Waals surface area contributed by atoms with E-state index in [-0.39, 0.29) is 12.1 Å². The zero-order valence-corrected chi connectivity index (χ0v) is 9.91. The van der Waals surface area contributed by atoms with E-state index in [1.807, 2.05) is 0 Å². The maximum absolute atomic E-state index is 13.7. The number of nitrogens with zero attached hydrogens (tertiary/aromatic N) is 2. The molecule has 0 aliphatic carbocycles. The van der Waals surface area contributed by atoms with Gasteiger partial charge in [0.1, 0.15) is 17.2 Å². The highest BCUT2D eigenvalue weighted by Gasteiger charge is 2.33. The predicted octanol–water partition coefficient (Wildman–Crippen LogP) is 1.11. The minimum atomic E-state index is -4.94. The second-order valence-corrected chi connectivity index (χ2v) is 3.94. The van der Waals surface area contributed by atoms with Crippen molar-refractivity contribution in [3.05, 3.63) is 41.1 Å². The molecule has 0 amide bonds. The van der Waals surface area contributed by atoms with Gasteiger partial charge in [0.25, 0.3) is 0 Å². The van der Waals surface area contributed by atoms with Crippen molar-refractivity contribution < 1.29 is 31.9 Å². The number of aromatic carboxylic acids is 1. The van der Waals surface area contributed by atoms with Crippen LogP contribution in [0, 0.1) is 11.6 Å². The minimum absolute atomic E-state index is 0.0538. The Kier molecular flexibility index (Phi) is 3.32. The summed E-state index contributed by atoms with van der Waals surface area (Å²) in [7, 11) is 0. The topological polar surface area (TPSA) is 84.0 Å². The van der Waals surface area contributed by atoms with Crippen molar-refractivity contribution in [1.82, 2.24) is 9.78 Å². The molecular weight excluding hydrogens is 301 g/mol. The van der Waals surface area contributed by atoms with Crippen molar-refractivity contribution in [2.45, 2.75) is 6.18 Å². The number of rotatable bonds is 2. The van der Waals surface area contributed by atoms with Crippen LogP contribution in [-0.2, 0) is 6.18 Å². The number of anilines is 1. The van der Waals surface area contributed by atoms with E-state index in [0.717, 1.165) is 6.07 Å². The van der Waals surface area contributed by atoms with E-state index in [9.17, 15) is 31.9 Å². The van der Waals surface area contributed by atoms with Crippen LogP contribution in [0.3, 0.4) is 0 Å². The molecule has 0 saturated heterocycles. The number of nitrogen functional groups attached to an aromatic ring is 1. The van der Waals surface area contributed by atoms with Gasteiger partial charge in [-0.25, -0.2) is 13.5 Å². The zero-order chi connectivity index (χ0) is 15.9. The smallest absolute Gasteiger partial charge is 0.416 e. The lowest BCUT2D eigenvalue weighted by Gasteiger charge is -2.11. The Hall–Kier alpha value is -2.65. The molecule has 2 rings (SSSR count). The third-order valence-electron chi connectivity index (χ3n) is 2.50. The molecular formula is C11H5F5N3O2-. The van der Waals surface area contributed by atoms with Crippen molar-refractivity contribution in [2.75, 3.05) is 5.73 Å². The SMILES string of the molecule is Nc1cc(C(=O)[O-])nn1-c1c(F)cc(C(F)(F)F)cc1F. The molecule has 0 radical (unpaired) electrons. The summed E-state index contributed by atoms with van der Waals surface area (Å²) in [5.74, 6) is -5.43. The van der Waals surface area contributed by atoms with Gasteiger partial charge in [0.2, 0.25) is 0 Å². The molecule has 0 bridgehead atoms. The highest BCUT2D eigenvalue weighted by molar-refractivity contribution is 5.84. The van der Waals surface area contributed by atoms with Crippen LogP contribution in [0.25, 0.3) is 5.69 Å². The van der Waals surface area contributed by atoms with Gasteiger partial charge in [0, 0.05) is 6.07 Å². The largest absolute Gasteiger partial charge is 0.543 e. The van der Waals surface area contributed by atoms with E-state index in [0.29, 0.717) is 4.68 Å². The fraction of sp³-hybridized carbons (Fsp3) is 0.0909. The third kappa shape index (κ3) is 2.64. The van der Waals surface area contributed by atoms with E-state index in [4.69, 9.17) is 5.73 Å². The van der Waals surface area contributed by atoms with Crippen LogP contribution in [0.5, 0.6) is 0 Å². The molecule has 0 atom stereocenters. The number of alkyl halides is 3. The summed E-state index contributed by atoms with van der Waals surface area (Å²) in [6.07, 6.45) is -4.94. The molecule has 1 aromatic carbocycles. The number of carbonyl (C=O) groups excluding carboxylic acids is 1. The number of aromatic nitrogens is 2. The van der Waals surface area contributed by atoms with Crippen molar-refractivity contribution >= 4 is 11.8 Å². The molecule has 10 heteroatoms. The molecule has 1 aromatic heterocycles. The Bertz CT molecular complexity index is 700. The number of halogens is 5. The Balaban J connectivity index is 2.63. The number of benzene rings is 1. The lowest BCUT2D eigenvalue weighted by atomic mass is 10.2. The first-order valence-corrected chi connectivity index (χ1v) is 5.24. The van der Waals surface area contributed by atoms with Crippen molar-refractivity contribution in [1.29, 1.82) is 0 Å². The highest BCUT2D eigenvalue weighted by Crippen LogP contribution is 2.32. The van der Waals surface area contributed by atoms with Gasteiger partial charge in [0.05, 0.1) is 11.5 Å². The van der Waals surface area contributed by atoms with Crippen LogP contribution < -0.4 is 10.8 Å². The Morgan fingerprint density at radius 2 is 1.71 bits per heavy atom. The zero-order valence-electron chi connectivity index (χ0n) is 9.91. The Morgan fingerprint density at radius 3 is 2.10 bits per heavy atom. The number of hydrogen-bond acceptors (Lipinski definition) is 4. The van der Waals surface area contributed by atoms with Gasteiger partial charge in [-0.05, 0) is 12.1 Å².